The summed E-state index contributed by atoms with van der Waals surface area (Å²) in [4.78, 5) is 0. The summed E-state index contributed by atoms with van der Waals surface area (Å²) in [6.07, 6.45) is 13.5. The first-order chi connectivity index (χ1) is 11.1. The lowest BCUT2D eigenvalue weighted by Crippen LogP contribution is -1.94. The molecule has 0 bridgehead atoms. The molecule has 1 aliphatic carbocycles. The van der Waals surface area contributed by atoms with Crippen molar-refractivity contribution in [2.75, 3.05) is 5.73 Å². The van der Waals surface area contributed by atoms with Crippen molar-refractivity contribution in [2.24, 2.45) is 5.73 Å². The maximum absolute atomic E-state index is 5.87. The quantitative estimate of drug-likeness (QED) is 0.811. The van der Waals surface area contributed by atoms with E-state index in [1.54, 1.807) is 0 Å². The number of rotatable bonds is 3. The normalized spacial score (nSPS) is 21.0. The lowest BCUT2D eigenvalue weighted by Gasteiger charge is -2.08. The number of nitrogens with zero attached hydrogens (tertiary/aromatic N) is 1. The monoisotopic (exact) mass is 304 g/mol. The van der Waals surface area contributed by atoms with Gasteiger partial charge < -0.3 is 11.5 Å². The van der Waals surface area contributed by atoms with Crippen LogP contribution >= 0.6 is 0 Å². The third-order valence-corrected chi connectivity index (χ3v) is 3.97. The van der Waals surface area contributed by atoms with E-state index in [1.165, 1.54) is 11.1 Å². The second-order valence-corrected chi connectivity index (χ2v) is 5.55. The first-order valence-corrected chi connectivity index (χ1v) is 7.57. The van der Waals surface area contributed by atoms with Gasteiger partial charge in [0.05, 0.1) is 5.52 Å². The number of aromatic nitrogens is 2. The third-order valence-electron chi connectivity index (χ3n) is 3.97. The van der Waals surface area contributed by atoms with Gasteiger partial charge in [0.1, 0.15) is 0 Å². The molecule has 0 saturated heterocycles. The molecule has 1 aromatic carbocycles. The van der Waals surface area contributed by atoms with Crippen LogP contribution in [-0.4, -0.2) is 10.2 Å². The highest BCUT2D eigenvalue weighted by atomic mass is 15.1. The molecule has 0 saturated carbocycles. The van der Waals surface area contributed by atoms with E-state index in [2.05, 4.69) is 28.9 Å². The number of nitrogens with two attached hydrogens (primary N) is 2. The minimum absolute atomic E-state index is 0.542. The molecule has 5 N–H and O–H groups in total. The van der Waals surface area contributed by atoms with Crippen LogP contribution in [0.25, 0.3) is 10.9 Å². The van der Waals surface area contributed by atoms with Crippen LogP contribution in [0.5, 0.6) is 0 Å². The van der Waals surface area contributed by atoms with Gasteiger partial charge >= 0.3 is 0 Å². The van der Waals surface area contributed by atoms with Crippen molar-refractivity contribution < 1.29 is 0 Å². The Hall–Kier alpha value is -3.01. The summed E-state index contributed by atoms with van der Waals surface area (Å²) in [6.45, 7) is 4.14. The Morgan fingerprint density at radius 3 is 2.74 bits per heavy atom. The van der Waals surface area contributed by atoms with Gasteiger partial charge in [0.25, 0.3) is 0 Å². The maximum atomic E-state index is 5.87. The predicted octanol–water partition coefficient (Wildman–Crippen LogP) is 3.53. The molecule has 4 nitrogen and oxygen atoms in total. The van der Waals surface area contributed by atoms with Gasteiger partial charge in [-0.25, -0.2) is 0 Å². The predicted molar refractivity (Wildman–Crippen MR) is 96.6 cm³/mol. The van der Waals surface area contributed by atoms with Gasteiger partial charge in [-0.1, -0.05) is 43.0 Å². The Labute approximate surface area is 135 Å². The number of nitrogen functional groups attached to an aromatic ring is 1. The lowest BCUT2D eigenvalue weighted by molar-refractivity contribution is 0.957. The molecule has 1 aromatic heterocycles. The molecular formula is C19H20N4. The van der Waals surface area contributed by atoms with Crippen molar-refractivity contribution in [1.82, 2.24) is 10.2 Å². The van der Waals surface area contributed by atoms with Crippen molar-refractivity contribution in [2.45, 2.75) is 12.8 Å². The van der Waals surface area contributed by atoms with Gasteiger partial charge in [-0.3, -0.25) is 5.10 Å². The van der Waals surface area contributed by atoms with E-state index in [-0.39, 0.29) is 0 Å². The van der Waals surface area contributed by atoms with E-state index in [9.17, 15) is 0 Å². The Morgan fingerprint density at radius 1 is 1.04 bits per heavy atom. The largest absolute Gasteiger partial charge is 0.399 e. The van der Waals surface area contributed by atoms with E-state index in [0.717, 1.165) is 35.0 Å². The number of allylic oxidation sites excluding steroid dienone is 8. The van der Waals surface area contributed by atoms with Crippen LogP contribution in [0.2, 0.25) is 0 Å². The maximum Gasteiger partial charge on any atom is 0.153 e. The van der Waals surface area contributed by atoms with Crippen LogP contribution in [0.3, 0.4) is 0 Å². The Kier molecular flexibility index (Phi) is 4.15. The van der Waals surface area contributed by atoms with Crippen LogP contribution in [0.1, 0.15) is 12.0 Å². The van der Waals surface area contributed by atoms with Crippen molar-refractivity contribution in [3.05, 3.63) is 83.6 Å². The summed E-state index contributed by atoms with van der Waals surface area (Å²) in [7, 11) is 0. The zero-order valence-corrected chi connectivity index (χ0v) is 12.9. The summed E-state index contributed by atoms with van der Waals surface area (Å²) < 4.78 is 0. The number of aromatic amines is 1. The second kappa shape index (κ2) is 6.40. The first-order valence-electron chi connectivity index (χ1n) is 7.57. The molecule has 0 fully saturated rings. The van der Waals surface area contributed by atoms with Crippen molar-refractivity contribution >= 4 is 16.7 Å². The molecule has 1 aliphatic rings. The summed E-state index contributed by atoms with van der Waals surface area (Å²) in [5, 5.41) is 8.09. The summed E-state index contributed by atoms with van der Waals surface area (Å²) >= 11 is 0. The molecule has 0 unspecified atom stereocenters. The molecule has 116 valence electrons. The zero-order chi connectivity index (χ0) is 16.2. The number of nitrogens with one attached hydrogen (secondary N) is 1. The minimum Gasteiger partial charge on any atom is -0.399 e. The topological polar surface area (TPSA) is 80.7 Å². The Morgan fingerprint density at radius 2 is 1.87 bits per heavy atom. The molecule has 23 heavy (non-hydrogen) atoms. The number of aryl methyl sites for hydroxylation is 1. The lowest BCUT2D eigenvalue weighted by atomic mass is 9.97. The summed E-state index contributed by atoms with van der Waals surface area (Å²) in [5.74, 6) is 0.542. The highest BCUT2D eigenvalue weighted by Gasteiger charge is 2.08. The van der Waals surface area contributed by atoms with E-state index >= 15 is 0 Å². The fraction of sp³-hybridized carbons (Fsp3) is 0.105. The van der Waals surface area contributed by atoms with Crippen molar-refractivity contribution in [3.63, 3.8) is 0 Å². The summed E-state index contributed by atoms with van der Waals surface area (Å²) in [6, 6.07) is 6.10. The standard InChI is InChI=1S/C19H20N4/c1-13-9-12-16(20)7-3-2-5-14(13)10-11-15-6-4-8-17-18(15)22-23-19(17)21/h2-9,12H,1,10-11,20H2,(H3,21,22,23)/b3-2-,12-9?,14-5-,16-7+. The second-order valence-electron chi connectivity index (χ2n) is 5.55. The van der Waals surface area contributed by atoms with Gasteiger partial charge in [-0.2, -0.15) is 5.10 Å². The number of hydrogen-bond acceptors (Lipinski definition) is 3. The SMILES string of the molecule is C=C1C=C\C(N)=C/C=C\C=C/1CCc1cccc2c(N)n[nH]c12. The van der Waals surface area contributed by atoms with Crippen LogP contribution < -0.4 is 11.5 Å². The molecule has 1 heterocycles. The molecule has 3 rings (SSSR count). The van der Waals surface area contributed by atoms with Gasteiger partial charge in [0.2, 0.25) is 0 Å². The van der Waals surface area contributed by atoms with E-state index in [4.69, 9.17) is 11.5 Å². The van der Waals surface area contributed by atoms with Crippen LogP contribution in [-0.2, 0) is 6.42 Å². The Balaban J connectivity index is 1.81. The molecular weight excluding hydrogens is 284 g/mol. The van der Waals surface area contributed by atoms with Crippen LogP contribution in [0, 0.1) is 0 Å². The van der Waals surface area contributed by atoms with E-state index < -0.39 is 0 Å². The minimum atomic E-state index is 0.542. The number of anilines is 1. The zero-order valence-electron chi connectivity index (χ0n) is 12.9. The number of hydrogen-bond donors (Lipinski definition) is 3. The fourth-order valence-electron chi connectivity index (χ4n) is 2.65. The molecule has 0 spiro atoms. The smallest absolute Gasteiger partial charge is 0.153 e. The third kappa shape index (κ3) is 3.26. The van der Waals surface area contributed by atoms with Crippen molar-refractivity contribution in [1.29, 1.82) is 0 Å². The number of H-pyrrole nitrogens is 1. The van der Waals surface area contributed by atoms with Gasteiger partial charge in [0, 0.05) is 11.1 Å². The summed E-state index contributed by atoms with van der Waals surface area (Å²) in [5.41, 5.74) is 16.8. The van der Waals surface area contributed by atoms with Gasteiger partial charge in [-0.15, -0.1) is 0 Å². The van der Waals surface area contributed by atoms with Crippen LogP contribution in [0.4, 0.5) is 5.82 Å². The van der Waals surface area contributed by atoms with Crippen LogP contribution in [0.15, 0.2) is 78.1 Å². The number of para-hydroxylation sites is 1. The Bertz CT molecular complexity index is 863. The molecule has 0 atom stereocenters. The fourth-order valence-corrected chi connectivity index (χ4v) is 2.65. The first kappa shape index (κ1) is 14.9. The number of fused-ring (bicyclic) bond motifs is 1. The molecule has 4 heteroatoms. The molecule has 0 radical (unpaired) electrons. The van der Waals surface area contributed by atoms with Crippen molar-refractivity contribution in [3.8, 4) is 0 Å². The average Bonchev–Trinajstić information content (AvgIpc) is 2.96. The number of benzene rings is 1. The highest BCUT2D eigenvalue weighted by Crippen LogP contribution is 2.25. The molecule has 0 aliphatic heterocycles. The van der Waals surface area contributed by atoms with Gasteiger partial charge in [0.15, 0.2) is 5.82 Å². The van der Waals surface area contributed by atoms with E-state index in [0.29, 0.717) is 5.82 Å². The average molecular weight is 304 g/mol. The molecule has 2 aromatic rings. The van der Waals surface area contributed by atoms with Gasteiger partial charge in [-0.05, 0) is 47.8 Å². The molecule has 0 amide bonds. The highest BCUT2D eigenvalue weighted by molar-refractivity contribution is 5.90. The van der Waals surface area contributed by atoms with E-state index in [1.807, 2.05) is 42.5 Å².